The van der Waals surface area contributed by atoms with E-state index in [0.717, 1.165) is 35.7 Å². The summed E-state index contributed by atoms with van der Waals surface area (Å²) in [5.74, 6) is 5.90. The van der Waals surface area contributed by atoms with Crippen molar-refractivity contribution in [2.45, 2.75) is 25.4 Å². The quantitative estimate of drug-likeness (QED) is 0.523. The Labute approximate surface area is 191 Å². The molecule has 3 aromatic rings. The first kappa shape index (κ1) is 22.2. The smallest absolute Gasteiger partial charge is 0.254 e. The second-order valence-electron chi connectivity index (χ2n) is 7.79. The Morgan fingerprint density at radius 2 is 1.73 bits per heavy atom. The second-order valence-corrected chi connectivity index (χ2v) is 7.79. The molecule has 7 heteroatoms. The summed E-state index contributed by atoms with van der Waals surface area (Å²) >= 11 is 0. The van der Waals surface area contributed by atoms with Gasteiger partial charge in [0, 0.05) is 35.0 Å². The lowest BCUT2D eigenvalue weighted by molar-refractivity contribution is 0.0677. The first-order chi connectivity index (χ1) is 16.0. The van der Waals surface area contributed by atoms with E-state index >= 15 is 0 Å². The summed E-state index contributed by atoms with van der Waals surface area (Å²) < 4.78 is 5.17. The predicted molar refractivity (Wildman–Crippen MR) is 124 cm³/mol. The number of nitrogens with one attached hydrogen (secondary N) is 1. The summed E-state index contributed by atoms with van der Waals surface area (Å²) in [5.41, 5.74) is 2.52. The number of amides is 1. The van der Waals surface area contributed by atoms with Crippen LogP contribution in [0.1, 0.15) is 40.1 Å². The summed E-state index contributed by atoms with van der Waals surface area (Å²) in [7, 11) is 0. The number of rotatable bonds is 5. The van der Waals surface area contributed by atoms with E-state index in [1.54, 1.807) is 17.0 Å². The number of carbonyl (C=O) groups excluding carboxylic acids is 1. The third-order valence-corrected chi connectivity index (χ3v) is 5.60. The van der Waals surface area contributed by atoms with Crippen molar-refractivity contribution < 1.29 is 19.4 Å². The average Bonchev–Trinajstić information content (AvgIpc) is 3.33. The molecule has 0 radical (unpaired) electrons. The van der Waals surface area contributed by atoms with Crippen LogP contribution in [0.3, 0.4) is 0 Å². The van der Waals surface area contributed by atoms with Gasteiger partial charge in [-0.05, 0) is 61.4 Å². The molecule has 33 heavy (non-hydrogen) atoms. The molecular weight excluding hydrogens is 420 g/mol. The fourth-order valence-electron chi connectivity index (χ4n) is 3.73. The van der Waals surface area contributed by atoms with Crippen molar-refractivity contribution in [3.05, 3.63) is 93.5 Å². The van der Waals surface area contributed by atoms with Crippen molar-refractivity contribution >= 4 is 11.6 Å². The van der Waals surface area contributed by atoms with Crippen LogP contribution in [-0.4, -0.2) is 40.2 Å². The van der Waals surface area contributed by atoms with Crippen molar-refractivity contribution in [2.24, 2.45) is 0 Å². The molecule has 0 bridgehead atoms. The maximum atomic E-state index is 12.7. The van der Waals surface area contributed by atoms with E-state index in [1.165, 1.54) is 6.26 Å². The van der Waals surface area contributed by atoms with Crippen LogP contribution in [0.2, 0.25) is 0 Å². The Balaban J connectivity index is 1.36. The molecule has 1 fully saturated rings. The lowest BCUT2D eigenvalue weighted by Gasteiger charge is -2.23. The number of aliphatic hydroxyl groups excluding tert-OH is 1. The Hall–Kier alpha value is -4.02. The maximum Gasteiger partial charge on any atom is 0.254 e. The third kappa shape index (κ3) is 5.25. The van der Waals surface area contributed by atoms with E-state index in [1.807, 2.05) is 36.4 Å². The summed E-state index contributed by atoms with van der Waals surface area (Å²) in [6.45, 7) is 0.848. The number of likely N-dealkylation sites (tertiary alicyclic amines) is 1. The number of anilines is 1. The lowest BCUT2D eigenvalue weighted by atomic mass is 10.1. The topological polar surface area (TPSA) is 103 Å². The molecule has 1 aliphatic rings. The molecule has 1 saturated heterocycles. The minimum atomic E-state index is -0.480. The molecule has 0 spiro atoms. The molecule has 7 nitrogen and oxygen atoms in total. The molecule has 0 unspecified atom stereocenters. The van der Waals surface area contributed by atoms with Gasteiger partial charge in [-0.25, -0.2) is 0 Å². The van der Waals surface area contributed by atoms with Crippen LogP contribution in [0.25, 0.3) is 0 Å². The van der Waals surface area contributed by atoms with Gasteiger partial charge in [0.2, 0.25) is 11.2 Å². The molecule has 168 valence electrons. The van der Waals surface area contributed by atoms with Crippen molar-refractivity contribution in [1.29, 1.82) is 0 Å². The summed E-state index contributed by atoms with van der Waals surface area (Å²) in [6.07, 6.45) is 3.00. The van der Waals surface area contributed by atoms with Gasteiger partial charge >= 0.3 is 0 Å². The van der Waals surface area contributed by atoms with E-state index in [4.69, 9.17) is 4.42 Å². The largest absolute Gasteiger partial charge is 0.502 e. The van der Waals surface area contributed by atoms with Crippen molar-refractivity contribution in [3.63, 3.8) is 0 Å². The molecule has 1 aliphatic heterocycles. The summed E-state index contributed by atoms with van der Waals surface area (Å²) in [5, 5.41) is 22.2. The van der Waals surface area contributed by atoms with Gasteiger partial charge in [0.05, 0.1) is 25.5 Å². The van der Waals surface area contributed by atoms with Crippen molar-refractivity contribution in [1.82, 2.24) is 4.90 Å². The molecule has 1 atom stereocenters. The predicted octanol–water partition coefficient (Wildman–Crippen LogP) is 2.95. The molecule has 1 aromatic heterocycles. The molecule has 0 saturated carbocycles. The Kier molecular flexibility index (Phi) is 6.77. The van der Waals surface area contributed by atoms with Crippen LogP contribution < -0.4 is 10.7 Å². The Morgan fingerprint density at radius 3 is 2.39 bits per heavy atom. The number of benzene rings is 2. The monoisotopic (exact) mass is 444 g/mol. The van der Waals surface area contributed by atoms with E-state index in [2.05, 4.69) is 17.2 Å². The first-order valence-electron chi connectivity index (χ1n) is 10.7. The van der Waals surface area contributed by atoms with E-state index in [9.17, 15) is 19.8 Å². The lowest BCUT2D eigenvalue weighted by Crippen LogP contribution is -2.37. The Morgan fingerprint density at radius 1 is 1.06 bits per heavy atom. The molecule has 1 amide bonds. The van der Waals surface area contributed by atoms with Gasteiger partial charge in [0.25, 0.3) is 5.91 Å². The van der Waals surface area contributed by atoms with Crippen LogP contribution >= 0.6 is 0 Å². The minimum Gasteiger partial charge on any atom is -0.502 e. The third-order valence-electron chi connectivity index (χ3n) is 5.60. The molecular formula is C26H24N2O5. The van der Waals surface area contributed by atoms with E-state index in [0.29, 0.717) is 12.1 Å². The summed E-state index contributed by atoms with van der Waals surface area (Å²) in [4.78, 5) is 25.8. The minimum absolute atomic E-state index is 0.00522. The number of hydrogen-bond donors (Lipinski definition) is 3. The molecule has 2 heterocycles. The zero-order valence-corrected chi connectivity index (χ0v) is 18.0. The van der Waals surface area contributed by atoms with Crippen molar-refractivity contribution in [3.8, 4) is 17.6 Å². The highest BCUT2D eigenvalue weighted by Crippen LogP contribution is 2.20. The van der Waals surface area contributed by atoms with Crippen LogP contribution in [0, 0.1) is 11.8 Å². The first-order valence-corrected chi connectivity index (χ1v) is 10.7. The number of hydrogen-bond acceptors (Lipinski definition) is 6. The van der Waals surface area contributed by atoms with E-state index < -0.39 is 11.2 Å². The molecule has 2 aromatic carbocycles. The molecule has 3 N–H and O–H groups in total. The SMILES string of the molecule is O=C(c1ccc(C#Cc2ccc(NCc3occc(=O)c3O)cc2)cc1)N1CCC[C@H]1CO. The number of aliphatic hydroxyl groups is 1. The number of aromatic hydroxyl groups is 1. The van der Waals surface area contributed by atoms with Gasteiger partial charge in [0.1, 0.15) is 0 Å². The van der Waals surface area contributed by atoms with Gasteiger partial charge in [-0.15, -0.1) is 0 Å². The highest BCUT2D eigenvalue weighted by molar-refractivity contribution is 5.94. The normalized spacial score (nSPS) is 15.1. The summed E-state index contributed by atoms with van der Waals surface area (Å²) in [6, 6.07) is 15.7. The Bertz CT molecular complexity index is 1240. The second kappa shape index (κ2) is 10.1. The number of nitrogens with zero attached hydrogens (tertiary/aromatic N) is 1. The van der Waals surface area contributed by atoms with Crippen LogP contribution in [0.15, 0.2) is 70.1 Å². The average molecular weight is 444 g/mol. The van der Waals surface area contributed by atoms with Crippen LogP contribution in [-0.2, 0) is 6.54 Å². The van der Waals surface area contributed by atoms with Crippen LogP contribution in [0.4, 0.5) is 5.69 Å². The van der Waals surface area contributed by atoms with Crippen LogP contribution in [0.5, 0.6) is 5.75 Å². The molecule has 4 rings (SSSR count). The van der Waals surface area contributed by atoms with Crippen molar-refractivity contribution in [2.75, 3.05) is 18.5 Å². The zero-order chi connectivity index (χ0) is 23.2. The number of carbonyl (C=O) groups is 1. The van der Waals surface area contributed by atoms with E-state index in [-0.39, 0.29) is 30.9 Å². The maximum absolute atomic E-state index is 12.7. The van der Waals surface area contributed by atoms with Gasteiger partial charge < -0.3 is 24.8 Å². The van der Waals surface area contributed by atoms with Gasteiger partial charge in [-0.3, -0.25) is 9.59 Å². The van der Waals surface area contributed by atoms with Gasteiger partial charge in [-0.1, -0.05) is 11.8 Å². The van der Waals surface area contributed by atoms with Gasteiger partial charge in [0.15, 0.2) is 5.76 Å². The molecule has 0 aliphatic carbocycles. The standard InChI is InChI=1S/C26H24N2O5/c29-17-22-2-1-14-28(22)26(32)20-9-5-18(6-10-20)3-4-19-7-11-21(12-8-19)27-16-24-25(31)23(30)13-15-33-24/h5-13,15,22,27,29,31H,1-2,14,16-17H2/t22-/m0/s1. The highest BCUT2D eigenvalue weighted by atomic mass is 16.4. The highest BCUT2D eigenvalue weighted by Gasteiger charge is 2.28. The fourth-order valence-corrected chi connectivity index (χ4v) is 3.73. The fraction of sp³-hybridized carbons (Fsp3) is 0.231. The zero-order valence-electron chi connectivity index (χ0n) is 18.0. The van der Waals surface area contributed by atoms with Gasteiger partial charge in [-0.2, -0.15) is 0 Å².